The summed E-state index contributed by atoms with van der Waals surface area (Å²) in [6.45, 7) is 0. The van der Waals surface area contributed by atoms with Gasteiger partial charge in [0.25, 0.3) is 0 Å². The SMILES string of the molecule is COc1cccc(-c2cccc(-c3nn(-c4nc(C(=O)O)cs4)c(C4CC4)c3Cc3ccc([SH](C)(N)=O)c(F)c3)c2)c1. The zero-order chi connectivity index (χ0) is 29.6. The molecule has 0 saturated heterocycles. The van der Waals surface area contributed by atoms with Crippen molar-refractivity contribution in [2.45, 2.75) is 30.1 Å². The fourth-order valence-electron chi connectivity index (χ4n) is 5.12. The monoisotopic (exact) mass is 604 g/mol. The molecule has 0 aliphatic heterocycles. The standard InChI is InChI=1S/C31H29FN4O4S2/c1-40-23-8-4-6-21(16-23)20-5-3-7-22(15-20)28-24(13-18-9-12-27(25(32)14-18)42(2,33)39)29(19-10-11-19)36(35-28)31-34-26(17-41-31)30(37)38/h3-9,12,14-17,19,42H,10-11,13H2,1-2H3,(H2,33,39)(H,37,38). The molecule has 0 spiro atoms. The highest BCUT2D eigenvalue weighted by atomic mass is 32.3. The van der Waals surface area contributed by atoms with Crippen molar-refractivity contribution in [1.29, 1.82) is 0 Å². The lowest BCUT2D eigenvalue weighted by atomic mass is 9.95. The van der Waals surface area contributed by atoms with E-state index in [1.54, 1.807) is 17.9 Å². The molecule has 0 amide bonds. The minimum atomic E-state index is -3.27. The summed E-state index contributed by atoms with van der Waals surface area (Å²) in [5.74, 6) is -0.748. The second-order valence-corrected chi connectivity index (χ2v) is 13.8. The maximum absolute atomic E-state index is 15.0. The largest absolute Gasteiger partial charge is 0.497 e. The molecule has 3 N–H and O–H groups in total. The third-order valence-corrected chi connectivity index (χ3v) is 9.43. The number of thiazole rings is 1. The van der Waals surface area contributed by atoms with Crippen LogP contribution in [0.25, 0.3) is 27.5 Å². The van der Waals surface area contributed by atoms with E-state index in [0.717, 1.165) is 46.5 Å². The van der Waals surface area contributed by atoms with Crippen LogP contribution >= 0.6 is 11.3 Å². The van der Waals surface area contributed by atoms with Crippen LogP contribution in [0.3, 0.4) is 0 Å². The van der Waals surface area contributed by atoms with E-state index in [9.17, 15) is 14.1 Å². The molecule has 6 rings (SSSR count). The van der Waals surface area contributed by atoms with E-state index in [0.29, 0.717) is 22.8 Å². The number of halogens is 1. The first-order chi connectivity index (χ1) is 20.1. The Hall–Kier alpha value is -4.19. The van der Waals surface area contributed by atoms with Crippen LogP contribution in [0, 0.1) is 5.82 Å². The molecule has 1 fully saturated rings. The lowest BCUT2D eigenvalue weighted by Crippen LogP contribution is -2.22. The fourth-order valence-corrected chi connectivity index (χ4v) is 6.74. The Kier molecular flexibility index (Phi) is 7.25. The molecule has 3 aromatic carbocycles. The molecule has 1 saturated carbocycles. The number of thiol groups is 1. The zero-order valence-corrected chi connectivity index (χ0v) is 24.7. The van der Waals surface area contributed by atoms with Crippen LogP contribution in [0.2, 0.25) is 0 Å². The van der Waals surface area contributed by atoms with Gasteiger partial charge in [0.2, 0.25) is 5.13 Å². The minimum Gasteiger partial charge on any atom is -0.497 e. The van der Waals surface area contributed by atoms with Gasteiger partial charge in [-0.15, -0.1) is 11.3 Å². The normalized spacial score (nSPS) is 13.7. The summed E-state index contributed by atoms with van der Waals surface area (Å²) in [5.41, 5.74) is 6.00. The molecule has 2 aromatic heterocycles. The van der Waals surface area contributed by atoms with E-state index in [4.69, 9.17) is 15.0 Å². The molecular weight excluding hydrogens is 575 g/mol. The highest BCUT2D eigenvalue weighted by Crippen LogP contribution is 2.46. The summed E-state index contributed by atoms with van der Waals surface area (Å²) >= 11 is 1.21. The van der Waals surface area contributed by atoms with Gasteiger partial charge in [0, 0.05) is 35.1 Å². The van der Waals surface area contributed by atoms with Gasteiger partial charge < -0.3 is 9.84 Å². The zero-order valence-electron chi connectivity index (χ0n) is 23.0. The number of methoxy groups -OCH3 is 1. The van der Waals surface area contributed by atoms with Gasteiger partial charge in [-0.3, -0.25) is 9.35 Å². The van der Waals surface area contributed by atoms with Crippen LogP contribution < -0.4 is 9.88 Å². The van der Waals surface area contributed by atoms with Gasteiger partial charge in [-0.2, -0.15) is 5.10 Å². The molecule has 216 valence electrons. The highest BCUT2D eigenvalue weighted by Gasteiger charge is 2.34. The molecular formula is C31H29FN4O4S2. The number of carboxylic acid groups (broad SMARTS) is 1. The van der Waals surface area contributed by atoms with Gasteiger partial charge in [0.1, 0.15) is 11.6 Å². The van der Waals surface area contributed by atoms with Gasteiger partial charge in [0.15, 0.2) is 5.69 Å². The molecule has 8 nitrogen and oxygen atoms in total. The summed E-state index contributed by atoms with van der Waals surface area (Å²) in [6, 6.07) is 20.4. The highest BCUT2D eigenvalue weighted by molar-refractivity contribution is 8.00. The van der Waals surface area contributed by atoms with Gasteiger partial charge in [-0.1, -0.05) is 36.4 Å². The Bertz CT molecular complexity index is 1870. The summed E-state index contributed by atoms with van der Waals surface area (Å²) in [4.78, 5) is 16.0. The molecule has 42 heavy (non-hydrogen) atoms. The van der Waals surface area contributed by atoms with E-state index in [1.165, 1.54) is 35.1 Å². The quantitative estimate of drug-likeness (QED) is 0.182. The van der Waals surface area contributed by atoms with Crippen LogP contribution in [-0.4, -0.2) is 43.4 Å². The van der Waals surface area contributed by atoms with E-state index >= 15 is 4.39 Å². The van der Waals surface area contributed by atoms with Crippen LogP contribution in [-0.2, 0) is 16.5 Å². The van der Waals surface area contributed by atoms with Crippen molar-refractivity contribution in [2.75, 3.05) is 13.4 Å². The number of nitrogens with zero attached hydrogens (tertiary/aromatic N) is 3. The van der Waals surface area contributed by atoms with Crippen molar-refractivity contribution in [2.24, 2.45) is 5.14 Å². The number of hydrogen-bond donors (Lipinski definition) is 3. The van der Waals surface area contributed by atoms with Gasteiger partial charge in [-0.05, 0) is 70.0 Å². The molecule has 0 atom stereocenters. The van der Waals surface area contributed by atoms with Gasteiger partial charge in [0.05, 0.1) is 23.4 Å². The summed E-state index contributed by atoms with van der Waals surface area (Å²) in [7, 11) is -1.64. The Balaban J connectivity index is 1.52. The van der Waals surface area contributed by atoms with Crippen molar-refractivity contribution in [1.82, 2.24) is 14.8 Å². The second-order valence-electron chi connectivity index (χ2n) is 10.5. The molecule has 5 aromatic rings. The molecule has 1 aliphatic carbocycles. The number of hydrogen-bond acceptors (Lipinski definition) is 6. The van der Waals surface area contributed by atoms with Crippen LogP contribution in [0.1, 0.15) is 46.1 Å². The minimum absolute atomic E-state index is 0.0135. The fraction of sp³-hybridized carbons (Fsp3) is 0.194. The number of benzene rings is 3. The average molecular weight is 605 g/mol. The molecule has 2 heterocycles. The van der Waals surface area contributed by atoms with Crippen molar-refractivity contribution in [3.8, 4) is 33.3 Å². The number of carbonyl (C=O) groups is 1. The van der Waals surface area contributed by atoms with Gasteiger partial charge >= 0.3 is 5.97 Å². The molecule has 11 heteroatoms. The number of nitrogens with two attached hydrogens (primary N) is 1. The Morgan fingerprint density at radius 2 is 1.83 bits per heavy atom. The van der Waals surface area contributed by atoms with Gasteiger partial charge in [-0.25, -0.2) is 18.9 Å². The molecule has 0 bridgehead atoms. The number of ether oxygens (including phenoxy) is 1. The van der Waals surface area contributed by atoms with Crippen LogP contribution in [0.5, 0.6) is 5.75 Å². The summed E-state index contributed by atoms with van der Waals surface area (Å²) in [5, 5.41) is 22.2. The number of aromatic carboxylic acids is 1. The third-order valence-electron chi connectivity index (χ3n) is 7.29. The lowest BCUT2D eigenvalue weighted by Gasteiger charge is -2.15. The Morgan fingerprint density at radius 1 is 1.12 bits per heavy atom. The van der Waals surface area contributed by atoms with E-state index < -0.39 is 21.9 Å². The predicted molar refractivity (Wildman–Crippen MR) is 163 cm³/mol. The number of carboxylic acids is 1. The molecule has 1 aliphatic rings. The first kappa shape index (κ1) is 28.0. The van der Waals surface area contributed by atoms with Crippen LogP contribution in [0.4, 0.5) is 4.39 Å². The maximum atomic E-state index is 15.0. The van der Waals surface area contributed by atoms with Crippen molar-refractivity contribution in [3.05, 3.63) is 100 Å². The van der Waals surface area contributed by atoms with Crippen molar-refractivity contribution >= 4 is 27.4 Å². The van der Waals surface area contributed by atoms with E-state index in [2.05, 4.69) is 11.1 Å². The lowest BCUT2D eigenvalue weighted by molar-refractivity contribution is 0.0691. The van der Waals surface area contributed by atoms with Crippen molar-refractivity contribution in [3.63, 3.8) is 0 Å². The first-order valence-corrected chi connectivity index (χ1v) is 16.4. The van der Waals surface area contributed by atoms with E-state index in [1.807, 2.05) is 42.5 Å². The average Bonchev–Trinajstić information content (AvgIpc) is 3.55. The molecule has 0 unspecified atom stereocenters. The molecule has 0 radical (unpaired) electrons. The number of aromatic nitrogens is 3. The Labute approximate surface area is 247 Å². The number of rotatable bonds is 9. The summed E-state index contributed by atoms with van der Waals surface area (Å²) < 4.78 is 34.6. The second kappa shape index (κ2) is 10.9. The van der Waals surface area contributed by atoms with E-state index in [-0.39, 0.29) is 16.5 Å². The first-order valence-electron chi connectivity index (χ1n) is 13.3. The maximum Gasteiger partial charge on any atom is 0.355 e. The van der Waals surface area contributed by atoms with Crippen molar-refractivity contribution < 1.29 is 23.2 Å². The van der Waals surface area contributed by atoms with Crippen LogP contribution in [0.15, 0.2) is 77.0 Å². The Morgan fingerprint density at radius 3 is 2.48 bits per heavy atom. The summed E-state index contributed by atoms with van der Waals surface area (Å²) in [6.07, 6.45) is 3.61. The third kappa shape index (κ3) is 5.50. The smallest absolute Gasteiger partial charge is 0.355 e. The topological polar surface area (TPSA) is 120 Å². The predicted octanol–water partition coefficient (Wildman–Crippen LogP) is 5.86.